The Bertz CT molecular complexity index is 1060. The van der Waals surface area contributed by atoms with E-state index >= 15 is 0 Å². The highest BCUT2D eigenvalue weighted by Gasteiger charge is 2.65. The van der Waals surface area contributed by atoms with Crippen LogP contribution in [0.15, 0.2) is 68.2 Å². The van der Waals surface area contributed by atoms with Crippen LogP contribution in [-0.4, -0.2) is 30.2 Å². The van der Waals surface area contributed by atoms with Crippen LogP contribution in [0.5, 0.6) is 0 Å². The van der Waals surface area contributed by atoms with Crippen LogP contribution in [0.3, 0.4) is 0 Å². The van der Waals surface area contributed by atoms with Crippen molar-refractivity contribution in [3.05, 3.63) is 75.1 Å². The number of hydrogen-bond donors (Lipinski definition) is 1. The summed E-state index contributed by atoms with van der Waals surface area (Å²) in [5.74, 6) is -0.563. The zero-order chi connectivity index (χ0) is 20.3. The third-order valence-corrected chi connectivity index (χ3v) is 7.35. The Morgan fingerprint density at radius 3 is 2.72 bits per heavy atom. The second-order valence-electron chi connectivity index (χ2n) is 7.71. The molecule has 1 saturated heterocycles. The number of amides is 1. The molecule has 2 aliphatic heterocycles. The van der Waals surface area contributed by atoms with Gasteiger partial charge in [-0.3, -0.25) is 14.5 Å². The summed E-state index contributed by atoms with van der Waals surface area (Å²) in [6.07, 6.45) is 9.15. The van der Waals surface area contributed by atoms with Crippen molar-refractivity contribution in [2.75, 3.05) is 18.9 Å². The van der Waals surface area contributed by atoms with E-state index in [9.17, 15) is 9.59 Å². The fourth-order valence-corrected chi connectivity index (χ4v) is 6.41. The summed E-state index contributed by atoms with van der Waals surface area (Å²) >= 11 is 7.11. The first-order valence-electron chi connectivity index (χ1n) is 9.39. The van der Waals surface area contributed by atoms with Crippen LogP contribution in [0.2, 0.25) is 0 Å². The highest BCUT2D eigenvalue weighted by molar-refractivity contribution is 9.11. The number of ketones is 1. The van der Waals surface area contributed by atoms with Crippen LogP contribution in [-0.2, 0) is 15.1 Å². The van der Waals surface area contributed by atoms with Crippen LogP contribution >= 0.6 is 31.9 Å². The zero-order valence-corrected chi connectivity index (χ0v) is 18.7. The Morgan fingerprint density at radius 2 is 2.03 bits per heavy atom. The monoisotopic (exact) mass is 516 g/mol. The minimum atomic E-state index is -1.10. The number of anilines is 1. The van der Waals surface area contributed by atoms with Crippen molar-refractivity contribution in [3.63, 3.8) is 0 Å². The first kappa shape index (κ1) is 19.0. The summed E-state index contributed by atoms with van der Waals surface area (Å²) in [5.41, 5.74) is 0.436. The lowest BCUT2D eigenvalue weighted by atomic mass is 9.70. The highest BCUT2D eigenvalue weighted by Crippen LogP contribution is 2.57. The van der Waals surface area contributed by atoms with Gasteiger partial charge in [-0.05, 0) is 47.2 Å². The van der Waals surface area contributed by atoms with E-state index in [-0.39, 0.29) is 23.5 Å². The molecular formula is C22H18Br2N2O3. The van der Waals surface area contributed by atoms with E-state index < -0.39 is 11.5 Å². The normalized spacial score (nSPS) is 28.4. The molecule has 0 radical (unpaired) electrons. The summed E-state index contributed by atoms with van der Waals surface area (Å²) in [6, 6.07) is 7.56. The fourth-order valence-electron chi connectivity index (χ4n) is 5.08. The number of allylic oxidation sites excluding steroid dienone is 4. The molecule has 3 heterocycles. The van der Waals surface area contributed by atoms with Crippen LogP contribution in [0, 0.1) is 11.8 Å². The number of carbonyl (C=O) groups excluding carboxylic acids is 2. The van der Waals surface area contributed by atoms with Gasteiger partial charge in [0.1, 0.15) is 17.1 Å². The molecule has 5 nitrogen and oxygen atoms in total. The average molecular weight is 518 g/mol. The Hall–Kier alpha value is -1.96. The van der Waals surface area contributed by atoms with Crippen LogP contribution in [0.25, 0.3) is 0 Å². The predicted octanol–water partition coefficient (Wildman–Crippen LogP) is 4.61. The molecule has 29 heavy (non-hydrogen) atoms. The van der Waals surface area contributed by atoms with E-state index in [1.54, 1.807) is 6.26 Å². The van der Waals surface area contributed by atoms with Gasteiger partial charge >= 0.3 is 0 Å². The van der Waals surface area contributed by atoms with Crippen LogP contribution in [0.4, 0.5) is 5.69 Å². The van der Waals surface area contributed by atoms with E-state index in [1.165, 1.54) is 0 Å². The predicted molar refractivity (Wildman–Crippen MR) is 116 cm³/mol. The van der Waals surface area contributed by atoms with Crippen molar-refractivity contribution in [2.24, 2.45) is 11.8 Å². The molecule has 2 aromatic rings. The largest absolute Gasteiger partial charge is 0.469 e. The van der Waals surface area contributed by atoms with E-state index in [0.29, 0.717) is 6.54 Å². The number of likely N-dealkylation sites (N-methyl/N-ethyl adjacent to an activating group) is 1. The molecule has 7 heteroatoms. The molecule has 1 fully saturated rings. The Kier molecular flexibility index (Phi) is 4.46. The minimum absolute atomic E-state index is 0.0276. The standard InChI is InChI=1S/C22H18Br2N2O3/c1-26-11-14(17-7-4-8-29-17)18(20(27)12-5-2-3-6-12)22(26)15-9-13(23)10-16(24)19(15)25-21(22)28/h2-10,12,14,18H,11H2,1H3,(H,25,28)/t14-,18+,22-/m0/s1. The highest BCUT2D eigenvalue weighted by atomic mass is 79.9. The number of nitrogens with zero attached hydrogens (tertiary/aromatic N) is 1. The molecule has 0 saturated carbocycles. The van der Waals surface area contributed by atoms with Crippen molar-refractivity contribution in [1.29, 1.82) is 0 Å². The van der Waals surface area contributed by atoms with Crippen molar-refractivity contribution >= 4 is 49.2 Å². The lowest BCUT2D eigenvalue weighted by Gasteiger charge is -2.36. The van der Waals surface area contributed by atoms with E-state index in [2.05, 4.69) is 37.2 Å². The lowest BCUT2D eigenvalue weighted by Crippen LogP contribution is -2.52. The zero-order valence-electron chi connectivity index (χ0n) is 15.6. The topological polar surface area (TPSA) is 62.6 Å². The Balaban J connectivity index is 1.75. The summed E-state index contributed by atoms with van der Waals surface area (Å²) in [4.78, 5) is 29.4. The lowest BCUT2D eigenvalue weighted by molar-refractivity contribution is -0.136. The molecule has 3 atom stereocenters. The minimum Gasteiger partial charge on any atom is -0.469 e. The number of benzene rings is 1. The van der Waals surface area contributed by atoms with Crippen molar-refractivity contribution in [1.82, 2.24) is 4.90 Å². The Labute approximate surface area is 185 Å². The second-order valence-corrected chi connectivity index (χ2v) is 9.48. The molecule has 0 unspecified atom stereocenters. The molecular weight excluding hydrogens is 500 g/mol. The third kappa shape index (κ3) is 2.60. The van der Waals surface area contributed by atoms with Crippen molar-refractivity contribution < 1.29 is 14.0 Å². The summed E-state index contributed by atoms with van der Waals surface area (Å²) in [7, 11) is 1.91. The van der Waals surface area contributed by atoms with Crippen LogP contribution in [0.1, 0.15) is 17.2 Å². The van der Waals surface area contributed by atoms with E-state index in [0.717, 1.165) is 26.0 Å². The smallest absolute Gasteiger partial charge is 0.250 e. The van der Waals surface area contributed by atoms with Gasteiger partial charge in [0.2, 0.25) is 5.91 Å². The van der Waals surface area contributed by atoms with Gasteiger partial charge in [-0.15, -0.1) is 0 Å². The number of carbonyl (C=O) groups is 2. The molecule has 1 aromatic heterocycles. The molecule has 1 spiro atoms. The molecule has 5 rings (SSSR count). The van der Waals surface area contributed by atoms with Crippen molar-refractivity contribution in [3.8, 4) is 0 Å². The number of furan rings is 1. The van der Waals surface area contributed by atoms with Gasteiger partial charge in [0, 0.05) is 27.0 Å². The summed E-state index contributed by atoms with van der Waals surface area (Å²) < 4.78 is 7.35. The quantitative estimate of drug-likeness (QED) is 0.645. The number of halogens is 2. The second kappa shape index (κ2) is 6.79. The molecule has 0 bridgehead atoms. The molecule has 1 amide bonds. The van der Waals surface area contributed by atoms with Gasteiger partial charge in [0.25, 0.3) is 0 Å². The fraction of sp³-hybridized carbons (Fsp3) is 0.273. The van der Waals surface area contributed by atoms with Crippen molar-refractivity contribution in [2.45, 2.75) is 11.5 Å². The molecule has 1 N–H and O–H groups in total. The molecule has 1 aromatic carbocycles. The SMILES string of the molecule is CN1C[C@@H](c2ccco2)[C@H](C(=O)C2C=CC=C2)[C@@]12C(=O)Nc1c(Br)cc(Br)cc12. The van der Waals surface area contributed by atoms with E-state index in [4.69, 9.17) is 4.42 Å². The number of likely N-dealkylation sites (tertiary alicyclic amines) is 1. The average Bonchev–Trinajstić information content (AvgIpc) is 3.45. The molecule has 148 valence electrons. The Morgan fingerprint density at radius 1 is 1.28 bits per heavy atom. The first-order chi connectivity index (χ1) is 13.9. The van der Waals surface area contributed by atoms with E-state index in [1.807, 2.05) is 60.5 Å². The molecule has 3 aliphatic rings. The first-order valence-corrected chi connectivity index (χ1v) is 11.0. The third-order valence-electron chi connectivity index (χ3n) is 6.27. The van der Waals surface area contributed by atoms with Gasteiger partial charge in [-0.25, -0.2) is 0 Å². The number of hydrogen-bond acceptors (Lipinski definition) is 4. The molecule has 1 aliphatic carbocycles. The maximum atomic E-state index is 13.8. The van der Waals surface area contributed by atoms with Gasteiger partial charge in [0.15, 0.2) is 0 Å². The number of Topliss-reactive ketones (excluding diaryl/α,β-unsaturated/α-hetero) is 1. The summed E-state index contributed by atoms with van der Waals surface area (Å²) in [5, 5.41) is 3.03. The van der Waals surface area contributed by atoms with Gasteiger partial charge < -0.3 is 9.73 Å². The number of nitrogens with one attached hydrogen (secondary N) is 1. The van der Waals surface area contributed by atoms with Crippen LogP contribution < -0.4 is 5.32 Å². The maximum absolute atomic E-state index is 13.8. The summed E-state index contributed by atoms with van der Waals surface area (Å²) in [6.45, 7) is 0.543. The van der Waals surface area contributed by atoms with Gasteiger partial charge in [-0.2, -0.15) is 0 Å². The van der Waals surface area contributed by atoms with Gasteiger partial charge in [-0.1, -0.05) is 40.2 Å². The maximum Gasteiger partial charge on any atom is 0.250 e. The number of fused-ring (bicyclic) bond motifs is 2. The van der Waals surface area contributed by atoms with Gasteiger partial charge in [0.05, 0.1) is 23.8 Å². The number of rotatable bonds is 3.